The summed E-state index contributed by atoms with van der Waals surface area (Å²) in [4.78, 5) is 2.58. The maximum atomic E-state index is 10.7. The van der Waals surface area contributed by atoms with Gasteiger partial charge in [-0.05, 0) is 73.1 Å². The van der Waals surface area contributed by atoms with Crippen LogP contribution in [0.25, 0.3) is 0 Å². The molecule has 1 aromatic carbocycles. The fraction of sp³-hybridized carbons (Fsp3) is 0.727. The van der Waals surface area contributed by atoms with Crippen molar-refractivity contribution >= 4 is 0 Å². The van der Waals surface area contributed by atoms with Gasteiger partial charge in [0.15, 0.2) is 11.5 Å². The van der Waals surface area contributed by atoms with Gasteiger partial charge in [0, 0.05) is 19.1 Å². The zero-order chi connectivity index (χ0) is 18.3. The molecule has 4 heteroatoms. The van der Waals surface area contributed by atoms with E-state index in [1.54, 1.807) is 7.11 Å². The van der Waals surface area contributed by atoms with Crippen LogP contribution in [0.4, 0.5) is 0 Å². The van der Waals surface area contributed by atoms with E-state index in [0.29, 0.717) is 17.9 Å². The van der Waals surface area contributed by atoms with Crippen molar-refractivity contribution in [1.29, 1.82) is 0 Å². The summed E-state index contributed by atoms with van der Waals surface area (Å²) in [6.07, 6.45) is 5.37. The molecular formula is C22H33NO3. The van der Waals surface area contributed by atoms with Crippen molar-refractivity contribution in [1.82, 2.24) is 4.90 Å². The summed E-state index contributed by atoms with van der Waals surface area (Å²) in [7, 11) is 1.72. The standard InChI is InChI=1S/C22H33NO3/c1-14(2)8-17-12-23-7-6-16-9-22(26-13-15-4-5-15)21(25-3)10-18(16)19(23)11-20(17)24/h9-10,14-15,17,19-20,24H,4-8,11-13H2,1-3H3/t17?,19-,20-/m0/s1. The highest BCUT2D eigenvalue weighted by Crippen LogP contribution is 2.44. The molecule has 1 aromatic rings. The lowest BCUT2D eigenvalue weighted by molar-refractivity contribution is -0.0191. The van der Waals surface area contributed by atoms with Gasteiger partial charge in [0.1, 0.15) is 0 Å². The second kappa shape index (κ2) is 7.40. The molecule has 0 radical (unpaired) electrons. The molecule has 0 aromatic heterocycles. The zero-order valence-electron chi connectivity index (χ0n) is 16.4. The van der Waals surface area contributed by atoms with Crippen LogP contribution < -0.4 is 9.47 Å². The number of methoxy groups -OCH3 is 1. The highest BCUT2D eigenvalue weighted by atomic mass is 16.5. The second-order valence-electron chi connectivity index (χ2n) is 8.91. The van der Waals surface area contributed by atoms with Crippen LogP contribution in [0, 0.1) is 17.8 Å². The number of fused-ring (bicyclic) bond motifs is 3. The van der Waals surface area contributed by atoms with Crippen LogP contribution in [0.2, 0.25) is 0 Å². The first-order valence-corrected chi connectivity index (χ1v) is 10.3. The first-order chi connectivity index (χ1) is 12.5. The van der Waals surface area contributed by atoms with Gasteiger partial charge in [0.2, 0.25) is 0 Å². The van der Waals surface area contributed by atoms with Crippen molar-refractivity contribution in [2.75, 3.05) is 26.8 Å². The zero-order valence-corrected chi connectivity index (χ0v) is 16.4. The molecule has 2 heterocycles. The van der Waals surface area contributed by atoms with Crippen molar-refractivity contribution in [3.8, 4) is 11.5 Å². The van der Waals surface area contributed by atoms with E-state index in [-0.39, 0.29) is 6.10 Å². The lowest BCUT2D eigenvalue weighted by atomic mass is 9.79. The Labute approximate surface area is 157 Å². The molecule has 2 aliphatic heterocycles. The van der Waals surface area contributed by atoms with E-state index in [1.807, 2.05) is 0 Å². The quantitative estimate of drug-likeness (QED) is 0.839. The molecule has 4 rings (SSSR count). The molecular weight excluding hydrogens is 326 g/mol. The third-order valence-electron chi connectivity index (χ3n) is 6.32. The number of hydrogen-bond donors (Lipinski definition) is 1. The molecule has 1 saturated carbocycles. The van der Waals surface area contributed by atoms with Crippen LogP contribution in [0.15, 0.2) is 12.1 Å². The first-order valence-electron chi connectivity index (χ1n) is 10.3. The molecule has 26 heavy (non-hydrogen) atoms. The van der Waals surface area contributed by atoms with Crippen molar-refractivity contribution in [3.63, 3.8) is 0 Å². The van der Waals surface area contributed by atoms with Gasteiger partial charge >= 0.3 is 0 Å². The van der Waals surface area contributed by atoms with Gasteiger partial charge in [-0.1, -0.05) is 13.8 Å². The molecule has 144 valence electrons. The summed E-state index contributed by atoms with van der Waals surface area (Å²) in [5.41, 5.74) is 2.70. The third-order valence-corrected chi connectivity index (χ3v) is 6.32. The van der Waals surface area contributed by atoms with Gasteiger partial charge in [-0.2, -0.15) is 0 Å². The summed E-state index contributed by atoms with van der Waals surface area (Å²) in [5, 5.41) is 10.7. The van der Waals surface area contributed by atoms with E-state index in [1.165, 1.54) is 24.0 Å². The summed E-state index contributed by atoms with van der Waals surface area (Å²) < 4.78 is 11.7. The average Bonchev–Trinajstić information content (AvgIpc) is 3.44. The van der Waals surface area contributed by atoms with Crippen LogP contribution in [0.1, 0.15) is 56.7 Å². The molecule has 0 spiro atoms. The maximum absolute atomic E-state index is 10.7. The van der Waals surface area contributed by atoms with Crippen LogP contribution in [-0.2, 0) is 6.42 Å². The Morgan fingerprint density at radius 3 is 2.73 bits per heavy atom. The van der Waals surface area contributed by atoms with E-state index in [2.05, 4.69) is 30.9 Å². The monoisotopic (exact) mass is 359 g/mol. The third kappa shape index (κ3) is 3.72. The van der Waals surface area contributed by atoms with Gasteiger partial charge in [0.05, 0.1) is 19.8 Å². The van der Waals surface area contributed by atoms with E-state index in [9.17, 15) is 5.11 Å². The Hall–Kier alpha value is -1.26. The summed E-state index contributed by atoms with van der Waals surface area (Å²) in [6, 6.07) is 4.67. The van der Waals surface area contributed by atoms with Gasteiger partial charge < -0.3 is 14.6 Å². The maximum Gasteiger partial charge on any atom is 0.161 e. The van der Waals surface area contributed by atoms with Gasteiger partial charge in [-0.15, -0.1) is 0 Å². The molecule has 0 amide bonds. The van der Waals surface area contributed by atoms with E-state index < -0.39 is 0 Å². The molecule has 1 N–H and O–H groups in total. The van der Waals surface area contributed by atoms with Crippen LogP contribution in [0.5, 0.6) is 11.5 Å². The number of aliphatic hydroxyl groups is 1. The minimum absolute atomic E-state index is 0.207. The number of aliphatic hydroxyl groups excluding tert-OH is 1. The fourth-order valence-electron chi connectivity index (χ4n) is 4.70. The Bertz CT molecular complexity index is 641. The highest BCUT2D eigenvalue weighted by Gasteiger charge is 2.38. The SMILES string of the molecule is COc1cc2c(cc1OCC1CC1)CCN1CC(CC(C)C)[C@@H](O)C[C@@H]21. The predicted octanol–water partition coefficient (Wildman–Crippen LogP) is 3.81. The van der Waals surface area contributed by atoms with Gasteiger partial charge in [-0.3, -0.25) is 4.90 Å². The lowest BCUT2D eigenvalue weighted by Crippen LogP contribution is -2.48. The van der Waals surface area contributed by atoms with Crippen LogP contribution in [0.3, 0.4) is 0 Å². The minimum atomic E-state index is -0.207. The largest absolute Gasteiger partial charge is 0.493 e. The molecule has 1 aliphatic carbocycles. The molecule has 1 saturated heterocycles. The van der Waals surface area contributed by atoms with E-state index in [4.69, 9.17) is 9.47 Å². The Kier molecular flexibility index (Phi) is 5.15. The normalized spacial score (nSPS) is 28.6. The number of piperidine rings is 1. The van der Waals surface area contributed by atoms with Crippen molar-refractivity contribution in [2.45, 2.75) is 58.1 Å². The second-order valence-corrected chi connectivity index (χ2v) is 8.91. The van der Waals surface area contributed by atoms with Crippen LogP contribution >= 0.6 is 0 Å². The summed E-state index contributed by atoms with van der Waals surface area (Å²) >= 11 is 0. The number of nitrogens with zero attached hydrogens (tertiary/aromatic N) is 1. The summed E-state index contributed by atoms with van der Waals surface area (Å²) in [5.74, 6) is 3.49. The Morgan fingerprint density at radius 1 is 1.23 bits per heavy atom. The van der Waals surface area contributed by atoms with Crippen LogP contribution in [-0.4, -0.2) is 42.9 Å². The predicted molar refractivity (Wildman–Crippen MR) is 103 cm³/mol. The number of rotatable bonds is 6. The Morgan fingerprint density at radius 2 is 2.04 bits per heavy atom. The topological polar surface area (TPSA) is 41.9 Å². The Balaban J connectivity index is 1.55. The van der Waals surface area contributed by atoms with Crippen molar-refractivity contribution in [2.24, 2.45) is 17.8 Å². The van der Waals surface area contributed by atoms with Gasteiger partial charge in [0.25, 0.3) is 0 Å². The molecule has 0 bridgehead atoms. The first kappa shape index (κ1) is 18.1. The number of benzene rings is 1. The average molecular weight is 360 g/mol. The lowest BCUT2D eigenvalue weighted by Gasteiger charge is -2.46. The molecule has 1 unspecified atom stereocenters. The molecule has 2 fully saturated rings. The number of ether oxygens (including phenoxy) is 2. The molecule has 3 aliphatic rings. The smallest absolute Gasteiger partial charge is 0.161 e. The molecule has 4 nitrogen and oxygen atoms in total. The van der Waals surface area contributed by atoms with Gasteiger partial charge in [-0.25, -0.2) is 0 Å². The highest BCUT2D eigenvalue weighted by molar-refractivity contribution is 5.49. The molecule has 3 atom stereocenters. The van der Waals surface area contributed by atoms with E-state index in [0.717, 1.165) is 56.4 Å². The van der Waals surface area contributed by atoms with Crippen molar-refractivity contribution in [3.05, 3.63) is 23.3 Å². The fourth-order valence-corrected chi connectivity index (χ4v) is 4.70. The minimum Gasteiger partial charge on any atom is -0.493 e. The summed E-state index contributed by atoms with van der Waals surface area (Å²) in [6.45, 7) is 7.38. The number of hydrogen-bond acceptors (Lipinski definition) is 4. The van der Waals surface area contributed by atoms with Crippen molar-refractivity contribution < 1.29 is 14.6 Å². The van der Waals surface area contributed by atoms with E-state index >= 15 is 0 Å².